The third kappa shape index (κ3) is 8.31. The van der Waals surface area contributed by atoms with E-state index in [2.05, 4.69) is 98.6 Å². The fourth-order valence-electron chi connectivity index (χ4n) is 12.0. The van der Waals surface area contributed by atoms with Crippen LogP contribution in [0.5, 0.6) is 0 Å². The van der Waals surface area contributed by atoms with Crippen molar-refractivity contribution in [3.05, 3.63) is 266 Å². The fraction of sp³-hybridized carbons (Fsp3) is 0.0282. The first-order valence-corrected chi connectivity index (χ1v) is 26.9. The molecule has 0 aliphatic rings. The van der Waals surface area contributed by atoms with Gasteiger partial charge in [0.05, 0.1) is 49.9 Å². The lowest BCUT2D eigenvalue weighted by Gasteiger charge is -2.22. The Hall–Kier alpha value is -10.6. The lowest BCUT2D eigenvalue weighted by Crippen LogP contribution is -2.06. The number of para-hydroxylation sites is 4. The Labute approximate surface area is 470 Å². The first-order valence-electron chi connectivity index (χ1n) is 26.9. The minimum atomic E-state index is -4.64. The van der Waals surface area contributed by atoms with Gasteiger partial charge in [-0.25, -0.2) is 15.0 Å². The van der Waals surface area contributed by atoms with Crippen LogP contribution in [0.25, 0.3) is 139 Å². The summed E-state index contributed by atoms with van der Waals surface area (Å²) in [5.74, 6) is 0.969. The van der Waals surface area contributed by atoms with Gasteiger partial charge in [0, 0.05) is 71.5 Å². The lowest BCUT2D eigenvalue weighted by molar-refractivity contribution is -0.138. The highest BCUT2D eigenvalue weighted by Crippen LogP contribution is 2.47. The Morgan fingerprint density at radius 1 is 0.253 bits per heavy atom. The van der Waals surface area contributed by atoms with Crippen molar-refractivity contribution in [2.75, 3.05) is 0 Å². The summed E-state index contributed by atoms with van der Waals surface area (Å²) in [6.45, 7) is 0. The number of halogens is 6. The summed E-state index contributed by atoms with van der Waals surface area (Å²) in [5.41, 5.74) is 9.70. The Bertz CT molecular complexity index is 4630. The Balaban J connectivity index is 1.07. The van der Waals surface area contributed by atoms with E-state index in [0.29, 0.717) is 56.3 Å². The molecule has 0 aliphatic carbocycles. The molecule has 0 aliphatic heterocycles. The van der Waals surface area contributed by atoms with Gasteiger partial charge >= 0.3 is 12.4 Å². The monoisotopic (exact) mass is 1090 g/mol. The zero-order chi connectivity index (χ0) is 56.1. The number of rotatable bonds is 8. The average molecular weight is 1090 g/mol. The summed E-state index contributed by atoms with van der Waals surface area (Å²) in [6, 6.07) is 78.3. The third-order valence-electron chi connectivity index (χ3n) is 15.7. The van der Waals surface area contributed by atoms with E-state index in [9.17, 15) is 26.3 Å². The van der Waals surface area contributed by atoms with E-state index in [1.54, 1.807) is 0 Å². The SMILES string of the molecule is FC(F)(F)c1ccc(-c2cc(-c3nc(-c4ccccc4)nc(-c4ccccc4)n3)cc(-c3ccc(C(F)(F)F)cc3)c2-n2c3ccc(-n4c5ccccc5c5ccccc54)cc3c3cc(-n4c5ccccc5c5ccccc54)ccc32)cc1. The van der Waals surface area contributed by atoms with Crippen LogP contribution in [-0.2, 0) is 12.4 Å². The molecule has 0 bridgehead atoms. The summed E-state index contributed by atoms with van der Waals surface area (Å²) in [4.78, 5) is 15.1. The molecule has 15 aromatic rings. The number of fused-ring (bicyclic) bond motifs is 9. The topological polar surface area (TPSA) is 53.5 Å². The number of hydrogen-bond acceptors (Lipinski definition) is 3. The molecule has 398 valence electrons. The second kappa shape index (κ2) is 19.0. The van der Waals surface area contributed by atoms with Crippen molar-refractivity contribution in [2.24, 2.45) is 0 Å². The van der Waals surface area contributed by atoms with Crippen LogP contribution >= 0.6 is 0 Å². The molecule has 15 rings (SSSR count). The van der Waals surface area contributed by atoms with Crippen LogP contribution in [0.4, 0.5) is 26.3 Å². The molecule has 4 aromatic heterocycles. The quantitative estimate of drug-likeness (QED) is 0.143. The van der Waals surface area contributed by atoms with Gasteiger partial charge in [0.1, 0.15) is 0 Å². The maximum atomic E-state index is 14.5. The summed E-state index contributed by atoms with van der Waals surface area (Å²) in [7, 11) is 0. The predicted molar refractivity (Wildman–Crippen MR) is 320 cm³/mol. The van der Waals surface area contributed by atoms with E-state index in [-0.39, 0.29) is 5.82 Å². The maximum absolute atomic E-state index is 14.5. The number of alkyl halides is 6. The molecule has 0 saturated carbocycles. The smallest absolute Gasteiger partial charge is 0.309 e. The van der Waals surface area contributed by atoms with Gasteiger partial charge in [0.25, 0.3) is 0 Å². The Kier molecular flexibility index (Phi) is 11.3. The van der Waals surface area contributed by atoms with Crippen LogP contribution in [0.3, 0.4) is 0 Å². The molecule has 0 unspecified atom stereocenters. The van der Waals surface area contributed by atoms with Gasteiger partial charge in [0.2, 0.25) is 0 Å². The lowest BCUT2D eigenvalue weighted by atomic mass is 9.91. The molecule has 0 saturated heterocycles. The van der Waals surface area contributed by atoms with E-state index < -0.39 is 23.5 Å². The zero-order valence-corrected chi connectivity index (χ0v) is 43.7. The van der Waals surface area contributed by atoms with Crippen molar-refractivity contribution in [1.29, 1.82) is 0 Å². The van der Waals surface area contributed by atoms with Gasteiger partial charge in [-0.05, 0) is 108 Å². The highest BCUT2D eigenvalue weighted by molar-refractivity contribution is 6.15. The van der Waals surface area contributed by atoms with Gasteiger partial charge < -0.3 is 13.7 Å². The Morgan fingerprint density at radius 3 is 0.916 bits per heavy atom. The van der Waals surface area contributed by atoms with Crippen LogP contribution < -0.4 is 0 Å². The van der Waals surface area contributed by atoms with Crippen molar-refractivity contribution in [1.82, 2.24) is 28.7 Å². The van der Waals surface area contributed by atoms with Crippen LogP contribution in [0, 0.1) is 0 Å². The van der Waals surface area contributed by atoms with Gasteiger partial charge in [-0.15, -0.1) is 0 Å². The summed E-state index contributed by atoms with van der Waals surface area (Å²) < 4.78 is 93.7. The van der Waals surface area contributed by atoms with Gasteiger partial charge in [-0.2, -0.15) is 26.3 Å². The van der Waals surface area contributed by atoms with E-state index in [1.807, 2.05) is 121 Å². The predicted octanol–water partition coefficient (Wildman–Crippen LogP) is 19.5. The first kappa shape index (κ1) is 49.5. The number of hydrogen-bond donors (Lipinski definition) is 0. The van der Waals surface area contributed by atoms with Crippen molar-refractivity contribution in [3.63, 3.8) is 0 Å². The highest BCUT2D eigenvalue weighted by Gasteiger charge is 2.32. The van der Waals surface area contributed by atoms with E-state index in [4.69, 9.17) is 15.0 Å². The van der Waals surface area contributed by atoms with Gasteiger partial charge in [-0.1, -0.05) is 158 Å². The molecule has 12 heteroatoms. The third-order valence-corrected chi connectivity index (χ3v) is 15.7. The number of aromatic nitrogens is 6. The Morgan fingerprint density at radius 2 is 0.566 bits per heavy atom. The minimum Gasteiger partial charge on any atom is -0.309 e. The largest absolute Gasteiger partial charge is 0.416 e. The van der Waals surface area contributed by atoms with Crippen LogP contribution in [-0.4, -0.2) is 28.7 Å². The normalized spacial score (nSPS) is 12.2. The molecule has 0 fully saturated rings. The molecule has 0 amide bonds. The van der Waals surface area contributed by atoms with E-state index >= 15 is 0 Å². The molecular formula is C71H42F6N6. The first-order chi connectivity index (χ1) is 40.4. The van der Waals surface area contributed by atoms with Crippen molar-refractivity contribution in [3.8, 4) is 73.5 Å². The van der Waals surface area contributed by atoms with E-state index in [0.717, 1.165) is 101 Å². The standard InChI is InChI=1S/C71H42F6N6/c72-70(73,74)48-31-27-43(28-32-48)56-39-47(69-79-67(45-15-3-1-4-16-45)78-68(80-69)46-17-5-2-6-18-46)40-57(44-29-33-49(34-30-44)71(75,76)77)66(56)83-64-37-35-50(81-60-23-11-7-19-52(60)53-20-8-12-24-61(53)81)41-58(64)59-42-51(36-38-65(59)83)82-62-25-13-9-21-54(62)55-22-10-14-26-63(55)82/h1-42H. The minimum absolute atomic E-state index is 0.236. The molecular weight excluding hydrogens is 1050 g/mol. The highest BCUT2D eigenvalue weighted by atomic mass is 19.4. The van der Waals surface area contributed by atoms with Gasteiger partial charge in [0.15, 0.2) is 17.5 Å². The molecule has 83 heavy (non-hydrogen) atoms. The molecule has 0 N–H and O–H groups in total. The molecule has 6 nitrogen and oxygen atoms in total. The molecule has 11 aromatic carbocycles. The fourth-order valence-corrected chi connectivity index (χ4v) is 12.0. The average Bonchev–Trinajstić information content (AvgIpc) is 3.20. The zero-order valence-electron chi connectivity index (χ0n) is 43.7. The summed E-state index contributed by atoms with van der Waals surface area (Å²) in [5, 5.41) is 6.05. The number of nitrogens with zero attached hydrogens (tertiary/aromatic N) is 6. The molecule has 0 spiro atoms. The molecule has 0 atom stereocenters. The second-order valence-electron chi connectivity index (χ2n) is 20.6. The van der Waals surface area contributed by atoms with Crippen LogP contribution in [0.1, 0.15) is 11.1 Å². The second-order valence-corrected chi connectivity index (χ2v) is 20.6. The van der Waals surface area contributed by atoms with Crippen LogP contribution in [0.15, 0.2) is 255 Å². The van der Waals surface area contributed by atoms with Crippen LogP contribution in [0.2, 0.25) is 0 Å². The van der Waals surface area contributed by atoms with Crippen molar-refractivity contribution < 1.29 is 26.3 Å². The maximum Gasteiger partial charge on any atom is 0.416 e. The van der Waals surface area contributed by atoms with Gasteiger partial charge in [-0.3, -0.25) is 0 Å². The number of benzene rings is 11. The summed E-state index contributed by atoms with van der Waals surface area (Å²) >= 11 is 0. The van der Waals surface area contributed by atoms with E-state index in [1.165, 1.54) is 24.3 Å². The summed E-state index contributed by atoms with van der Waals surface area (Å²) in [6.07, 6.45) is -9.29. The van der Waals surface area contributed by atoms with Crippen molar-refractivity contribution >= 4 is 65.4 Å². The van der Waals surface area contributed by atoms with Crippen molar-refractivity contribution in [2.45, 2.75) is 12.4 Å². The molecule has 4 heterocycles. The molecule has 0 radical (unpaired) electrons.